The van der Waals surface area contributed by atoms with Crippen LogP contribution < -0.4 is 10.5 Å². The summed E-state index contributed by atoms with van der Waals surface area (Å²) in [6, 6.07) is 24.5. The molecular formula is C25H18N4O. The van der Waals surface area contributed by atoms with Crippen LogP contribution in [0.3, 0.4) is 0 Å². The van der Waals surface area contributed by atoms with Crippen molar-refractivity contribution in [3.8, 4) is 11.1 Å². The molecule has 5 heteroatoms. The van der Waals surface area contributed by atoms with Crippen LogP contribution in [0.25, 0.3) is 32.9 Å². The number of rotatable bonds is 2. The molecule has 0 saturated heterocycles. The van der Waals surface area contributed by atoms with Crippen LogP contribution >= 0.6 is 0 Å². The van der Waals surface area contributed by atoms with Gasteiger partial charge in [0.15, 0.2) is 5.65 Å². The lowest BCUT2D eigenvalue weighted by molar-refractivity contribution is 0.938. The summed E-state index contributed by atoms with van der Waals surface area (Å²) in [6.45, 7) is 0.790. The lowest BCUT2D eigenvalue weighted by atomic mass is 10.00. The number of anilines is 2. The molecule has 3 aromatic carbocycles. The third-order valence-electron chi connectivity index (χ3n) is 5.80. The second-order valence-electron chi connectivity index (χ2n) is 7.54. The van der Waals surface area contributed by atoms with Crippen LogP contribution in [0.5, 0.6) is 0 Å². The molecule has 0 radical (unpaired) electrons. The number of fused-ring (bicyclic) bond motifs is 3. The largest absolute Gasteiger partial charge is 0.311 e. The van der Waals surface area contributed by atoms with Crippen LogP contribution in [0, 0.1) is 0 Å². The monoisotopic (exact) mass is 390 g/mol. The molecular weight excluding hydrogens is 372 g/mol. The Kier molecular flexibility index (Phi) is 3.68. The molecule has 0 aliphatic carbocycles. The highest BCUT2D eigenvalue weighted by Crippen LogP contribution is 2.33. The Bertz CT molecular complexity index is 1490. The topological polar surface area (TPSA) is 61.9 Å². The van der Waals surface area contributed by atoms with Crippen LogP contribution in [-0.2, 0) is 6.42 Å². The summed E-state index contributed by atoms with van der Waals surface area (Å²) in [4.78, 5) is 27.4. The first kappa shape index (κ1) is 16.9. The summed E-state index contributed by atoms with van der Waals surface area (Å²) < 4.78 is 0. The number of aromatic nitrogens is 3. The molecule has 5 nitrogen and oxygen atoms in total. The molecule has 0 saturated carbocycles. The molecule has 5 aromatic rings. The standard InChI is InChI=1S/C25H18N4O/c30-24-22-20(19-10-9-16-5-1-2-7-18(16)15-19)11-13-26-23(22)27-25(28-24)29-14-12-17-6-3-4-8-21(17)29/h1-11,13,15H,12,14H2,(H,26,27,28,30). The molecule has 144 valence electrons. The first-order chi connectivity index (χ1) is 14.8. The van der Waals surface area contributed by atoms with Crippen molar-refractivity contribution in [3.05, 3.63) is 94.9 Å². The van der Waals surface area contributed by atoms with Gasteiger partial charge in [0.1, 0.15) is 0 Å². The number of nitrogens with zero attached hydrogens (tertiary/aromatic N) is 3. The molecule has 0 bridgehead atoms. The van der Waals surface area contributed by atoms with Crippen molar-refractivity contribution in [2.45, 2.75) is 6.42 Å². The van der Waals surface area contributed by atoms with E-state index in [0.717, 1.165) is 35.2 Å². The fraction of sp³-hybridized carbons (Fsp3) is 0.0800. The van der Waals surface area contributed by atoms with Crippen molar-refractivity contribution in [1.29, 1.82) is 0 Å². The highest BCUT2D eigenvalue weighted by Gasteiger charge is 2.23. The molecule has 3 heterocycles. The summed E-state index contributed by atoms with van der Waals surface area (Å²) in [5.74, 6) is 0.542. The fourth-order valence-corrected chi connectivity index (χ4v) is 4.34. The predicted molar refractivity (Wildman–Crippen MR) is 120 cm³/mol. The van der Waals surface area contributed by atoms with Crippen molar-refractivity contribution >= 4 is 33.4 Å². The maximum Gasteiger partial charge on any atom is 0.262 e. The Balaban J connectivity index is 1.52. The molecule has 0 atom stereocenters. The van der Waals surface area contributed by atoms with Gasteiger partial charge in [-0.3, -0.25) is 9.78 Å². The fourth-order valence-electron chi connectivity index (χ4n) is 4.34. The molecule has 1 N–H and O–H groups in total. The number of hydrogen-bond donors (Lipinski definition) is 1. The van der Waals surface area contributed by atoms with E-state index in [0.29, 0.717) is 17.0 Å². The summed E-state index contributed by atoms with van der Waals surface area (Å²) in [5.41, 5.74) is 4.46. The van der Waals surface area contributed by atoms with Gasteiger partial charge < -0.3 is 4.90 Å². The number of H-pyrrole nitrogens is 1. The minimum atomic E-state index is -0.171. The van der Waals surface area contributed by atoms with Gasteiger partial charge in [-0.1, -0.05) is 54.6 Å². The molecule has 2 aromatic heterocycles. The van der Waals surface area contributed by atoms with Gasteiger partial charge in [-0.2, -0.15) is 4.98 Å². The Morgan fingerprint density at radius 3 is 2.67 bits per heavy atom. The molecule has 1 aliphatic heterocycles. The maximum atomic E-state index is 13.2. The van der Waals surface area contributed by atoms with Crippen molar-refractivity contribution < 1.29 is 0 Å². The van der Waals surface area contributed by atoms with Gasteiger partial charge in [-0.15, -0.1) is 0 Å². The quantitative estimate of drug-likeness (QED) is 0.469. The van der Waals surface area contributed by atoms with Crippen LogP contribution in [0.15, 0.2) is 83.8 Å². The van der Waals surface area contributed by atoms with Crippen molar-refractivity contribution in [2.24, 2.45) is 0 Å². The van der Waals surface area contributed by atoms with Crippen molar-refractivity contribution in [1.82, 2.24) is 15.0 Å². The maximum absolute atomic E-state index is 13.2. The van der Waals surface area contributed by atoms with E-state index < -0.39 is 0 Å². The molecule has 0 amide bonds. The van der Waals surface area contributed by atoms with Crippen LogP contribution in [0.2, 0.25) is 0 Å². The van der Waals surface area contributed by atoms with E-state index in [1.165, 1.54) is 10.9 Å². The molecule has 0 fully saturated rings. The van der Waals surface area contributed by atoms with Gasteiger partial charge in [-0.25, -0.2) is 4.98 Å². The van der Waals surface area contributed by atoms with Gasteiger partial charge >= 0.3 is 0 Å². The molecule has 30 heavy (non-hydrogen) atoms. The average molecular weight is 390 g/mol. The lowest BCUT2D eigenvalue weighted by Gasteiger charge is -2.18. The minimum Gasteiger partial charge on any atom is -0.311 e. The Morgan fingerprint density at radius 2 is 1.73 bits per heavy atom. The Labute approximate surface area is 172 Å². The van der Waals surface area contributed by atoms with Gasteiger partial charge in [-0.05, 0) is 52.1 Å². The zero-order valence-corrected chi connectivity index (χ0v) is 16.2. The Morgan fingerprint density at radius 1 is 0.900 bits per heavy atom. The molecule has 0 unspecified atom stereocenters. The number of nitrogens with one attached hydrogen (secondary N) is 1. The van der Waals surface area contributed by atoms with Crippen LogP contribution in [0.4, 0.5) is 11.6 Å². The van der Waals surface area contributed by atoms with E-state index in [1.807, 2.05) is 36.4 Å². The highest BCUT2D eigenvalue weighted by atomic mass is 16.1. The number of pyridine rings is 1. The summed E-state index contributed by atoms with van der Waals surface area (Å²) >= 11 is 0. The second kappa shape index (κ2) is 6.52. The molecule has 6 rings (SSSR count). The first-order valence-electron chi connectivity index (χ1n) is 10.0. The smallest absolute Gasteiger partial charge is 0.262 e. The van der Waals surface area contributed by atoms with Gasteiger partial charge in [0.05, 0.1) is 5.39 Å². The summed E-state index contributed by atoms with van der Waals surface area (Å²) in [7, 11) is 0. The average Bonchev–Trinajstić information content (AvgIpc) is 3.22. The van der Waals surface area contributed by atoms with Crippen LogP contribution in [-0.4, -0.2) is 21.5 Å². The Hall–Kier alpha value is -3.99. The van der Waals surface area contributed by atoms with Crippen LogP contribution in [0.1, 0.15) is 5.56 Å². The predicted octanol–water partition coefficient (Wildman–Crippen LogP) is 4.83. The van der Waals surface area contributed by atoms with E-state index in [9.17, 15) is 4.79 Å². The van der Waals surface area contributed by atoms with E-state index in [-0.39, 0.29) is 5.56 Å². The van der Waals surface area contributed by atoms with E-state index in [2.05, 4.69) is 51.3 Å². The number of benzene rings is 3. The summed E-state index contributed by atoms with van der Waals surface area (Å²) in [6.07, 6.45) is 2.66. The third-order valence-corrected chi connectivity index (χ3v) is 5.80. The molecule has 0 spiro atoms. The van der Waals surface area contributed by atoms with Crippen molar-refractivity contribution in [2.75, 3.05) is 11.4 Å². The van der Waals surface area contributed by atoms with E-state index >= 15 is 0 Å². The van der Waals surface area contributed by atoms with E-state index in [1.54, 1.807) is 6.20 Å². The first-order valence-corrected chi connectivity index (χ1v) is 10.0. The SMILES string of the molecule is O=c1[nH]c(N2CCc3ccccc32)nc2nccc(-c3ccc4ccccc4c3)c12. The number of hydrogen-bond acceptors (Lipinski definition) is 4. The highest BCUT2D eigenvalue weighted by molar-refractivity contribution is 5.96. The van der Waals surface area contributed by atoms with Gasteiger partial charge in [0.2, 0.25) is 5.95 Å². The lowest BCUT2D eigenvalue weighted by Crippen LogP contribution is -2.21. The van der Waals surface area contributed by atoms with Crippen molar-refractivity contribution in [3.63, 3.8) is 0 Å². The minimum absolute atomic E-state index is 0.171. The number of para-hydroxylation sites is 1. The molecule has 1 aliphatic rings. The van der Waals surface area contributed by atoms with E-state index in [4.69, 9.17) is 4.98 Å². The zero-order valence-electron chi connectivity index (χ0n) is 16.2. The number of aromatic amines is 1. The normalized spacial score (nSPS) is 13.1. The zero-order chi connectivity index (χ0) is 20.1. The van der Waals surface area contributed by atoms with Gasteiger partial charge in [0.25, 0.3) is 5.56 Å². The third kappa shape index (κ3) is 2.59. The second-order valence-corrected chi connectivity index (χ2v) is 7.54. The summed E-state index contributed by atoms with van der Waals surface area (Å²) in [5, 5.41) is 2.82. The van der Waals surface area contributed by atoms with Gasteiger partial charge in [0, 0.05) is 18.4 Å².